The monoisotopic (exact) mass is 393 g/mol. The molecule has 0 atom stereocenters. The average molecular weight is 395 g/mol. The summed E-state index contributed by atoms with van der Waals surface area (Å²) in [7, 11) is 0. The zero-order valence-electron chi connectivity index (χ0n) is 13.8. The van der Waals surface area contributed by atoms with Gasteiger partial charge in [0.15, 0.2) is 0 Å². The van der Waals surface area contributed by atoms with Gasteiger partial charge >= 0.3 is 0 Å². The molecule has 2 N–H and O–H groups in total. The maximum absolute atomic E-state index is 11.8. The predicted molar refractivity (Wildman–Crippen MR) is 104 cm³/mol. The van der Waals surface area contributed by atoms with Crippen molar-refractivity contribution in [3.8, 4) is 0 Å². The second-order valence-corrected chi connectivity index (χ2v) is 6.71. The Labute approximate surface area is 160 Å². The average Bonchev–Trinajstić information content (AvgIpc) is 2.56. The number of hydrogen-bond acceptors (Lipinski definition) is 3. The molecule has 7 heteroatoms. The molecule has 1 saturated heterocycles. The molecule has 1 aromatic carbocycles. The van der Waals surface area contributed by atoms with Crippen molar-refractivity contribution in [3.05, 3.63) is 33.8 Å². The Hall–Kier alpha value is -0.520. The number of hydrogen-bond donors (Lipinski definition) is 2. The Balaban J connectivity index is 0.00000288. The quantitative estimate of drug-likeness (QED) is 0.666. The number of nitrogens with zero attached hydrogens (tertiary/aromatic N) is 1. The summed E-state index contributed by atoms with van der Waals surface area (Å²) in [6.45, 7) is 6.18. The van der Waals surface area contributed by atoms with Gasteiger partial charge in [0.1, 0.15) is 0 Å². The van der Waals surface area contributed by atoms with Gasteiger partial charge < -0.3 is 15.5 Å². The Morgan fingerprint density at radius 2 is 1.92 bits per heavy atom. The summed E-state index contributed by atoms with van der Waals surface area (Å²) in [5, 5.41) is 7.48. The zero-order valence-corrected chi connectivity index (χ0v) is 16.2. The SMILES string of the molecule is Cl.O=C(CCCc1ccc(Cl)c(Cl)c1)NCCCN1CCNCC1. The van der Waals surface area contributed by atoms with Gasteiger partial charge in [-0.3, -0.25) is 4.79 Å². The highest BCUT2D eigenvalue weighted by molar-refractivity contribution is 6.42. The molecule has 0 unspecified atom stereocenters. The van der Waals surface area contributed by atoms with Crippen molar-refractivity contribution in [3.63, 3.8) is 0 Å². The van der Waals surface area contributed by atoms with Gasteiger partial charge in [-0.25, -0.2) is 0 Å². The van der Waals surface area contributed by atoms with Crippen LogP contribution >= 0.6 is 35.6 Å². The van der Waals surface area contributed by atoms with Gasteiger partial charge in [-0.1, -0.05) is 29.3 Å². The van der Waals surface area contributed by atoms with Crippen LogP contribution in [0.5, 0.6) is 0 Å². The van der Waals surface area contributed by atoms with Crippen molar-refractivity contribution in [2.24, 2.45) is 0 Å². The van der Waals surface area contributed by atoms with E-state index in [4.69, 9.17) is 23.2 Å². The van der Waals surface area contributed by atoms with Crippen LogP contribution in [0.25, 0.3) is 0 Å². The molecule has 24 heavy (non-hydrogen) atoms. The van der Waals surface area contributed by atoms with E-state index in [9.17, 15) is 4.79 Å². The van der Waals surface area contributed by atoms with Crippen LogP contribution in [0.3, 0.4) is 0 Å². The summed E-state index contributed by atoms with van der Waals surface area (Å²) >= 11 is 11.9. The van der Waals surface area contributed by atoms with Crippen molar-refractivity contribution >= 4 is 41.5 Å². The van der Waals surface area contributed by atoms with Crippen molar-refractivity contribution in [2.45, 2.75) is 25.7 Å². The molecular formula is C17H26Cl3N3O. The van der Waals surface area contributed by atoms with Crippen LogP contribution in [0.4, 0.5) is 0 Å². The first kappa shape index (κ1) is 21.5. The summed E-state index contributed by atoms with van der Waals surface area (Å²) in [6.07, 6.45) is 3.22. The Morgan fingerprint density at radius 1 is 1.17 bits per heavy atom. The molecule has 0 aromatic heterocycles. The normalized spacial score (nSPS) is 14.9. The largest absolute Gasteiger partial charge is 0.356 e. The highest BCUT2D eigenvalue weighted by Crippen LogP contribution is 2.23. The molecule has 136 valence electrons. The van der Waals surface area contributed by atoms with E-state index in [-0.39, 0.29) is 18.3 Å². The van der Waals surface area contributed by atoms with Crippen molar-refractivity contribution in [2.75, 3.05) is 39.3 Å². The van der Waals surface area contributed by atoms with Gasteiger partial charge in [-0.2, -0.15) is 0 Å². The molecule has 2 rings (SSSR count). The Kier molecular flexibility index (Phi) is 10.7. The van der Waals surface area contributed by atoms with Crippen molar-refractivity contribution < 1.29 is 4.79 Å². The fourth-order valence-electron chi connectivity index (χ4n) is 2.70. The van der Waals surface area contributed by atoms with Crippen LogP contribution < -0.4 is 10.6 Å². The van der Waals surface area contributed by atoms with E-state index in [0.717, 1.165) is 64.1 Å². The summed E-state index contributed by atoms with van der Waals surface area (Å²) in [5.74, 6) is 0.130. The van der Waals surface area contributed by atoms with E-state index >= 15 is 0 Å². The number of carbonyl (C=O) groups is 1. The number of carbonyl (C=O) groups excluding carboxylic acids is 1. The molecule has 0 radical (unpaired) electrons. The smallest absolute Gasteiger partial charge is 0.220 e. The van der Waals surface area contributed by atoms with Crippen LogP contribution in [0, 0.1) is 0 Å². The highest BCUT2D eigenvalue weighted by Gasteiger charge is 2.08. The Morgan fingerprint density at radius 3 is 2.62 bits per heavy atom. The van der Waals surface area contributed by atoms with Crippen LogP contribution in [0.1, 0.15) is 24.8 Å². The molecule has 4 nitrogen and oxygen atoms in total. The highest BCUT2D eigenvalue weighted by atomic mass is 35.5. The molecule has 1 fully saturated rings. The molecule has 1 aliphatic heterocycles. The van der Waals surface area contributed by atoms with Gasteiger partial charge in [-0.05, 0) is 43.5 Å². The standard InChI is InChI=1S/C17H25Cl2N3O.ClH/c18-15-6-5-14(13-16(15)19)3-1-4-17(23)21-7-2-10-22-11-8-20-9-12-22;/h5-6,13,20H,1-4,7-12H2,(H,21,23);1H. The van der Waals surface area contributed by atoms with Crippen molar-refractivity contribution in [1.29, 1.82) is 0 Å². The maximum Gasteiger partial charge on any atom is 0.220 e. The fraction of sp³-hybridized carbons (Fsp3) is 0.588. The first-order valence-corrected chi connectivity index (χ1v) is 9.04. The third-order valence-electron chi connectivity index (χ3n) is 4.04. The van der Waals surface area contributed by atoms with E-state index in [1.54, 1.807) is 6.07 Å². The van der Waals surface area contributed by atoms with Crippen LogP contribution in [-0.2, 0) is 11.2 Å². The van der Waals surface area contributed by atoms with E-state index in [1.165, 1.54) is 0 Å². The second-order valence-electron chi connectivity index (χ2n) is 5.90. The summed E-state index contributed by atoms with van der Waals surface area (Å²) < 4.78 is 0. The molecule has 0 aliphatic carbocycles. The minimum atomic E-state index is 0. The third-order valence-corrected chi connectivity index (χ3v) is 4.78. The Bertz CT molecular complexity index is 508. The van der Waals surface area contributed by atoms with Crippen LogP contribution in [0.15, 0.2) is 18.2 Å². The number of nitrogens with one attached hydrogen (secondary N) is 2. The number of benzene rings is 1. The summed E-state index contributed by atoms with van der Waals surface area (Å²) in [4.78, 5) is 14.3. The molecule has 1 aromatic rings. The zero-order chi connectivity index (χ0) is 16.5. The van der Waals surface area contributed by atoms with E-state index in [1.807, 2.05) is 12.1 Å². The van der Waals surface area contributed by atoms with Crippen LogP contribution in [0.2, 0.25) is 10.0 Å². The minimum Gasteiger partial charge on any atom is -0.356 e. The van der Waals surface area contributed by atoms with Crippen LogP contribution in [-0.4, -0.2) is 50.1 Å². The first-order chi connectivity index (χ1) is 11.1. The van der Waals surface area contributed by atoms with Gasteiger partial charge in [0.2, 0.25) is 5.91 Å². The number of piperazine rings is 1. The minimum absolute atomic E-state index is 0. The van der Waals surface area contributed by atoms with E-state index in [0.29, 0.717) is 16.5 Å². The third kappa shape index (κ3) is 8.04. The maximum atomic E-state index is 11.8. The predicted octanol–water partition coefficient (Wildman–Crippen LogP) is 3.15. The van der Waals surface area contributed by atoms with Gasteiger partial charge in [0.25, 0.3) is 0 Å². The van der Waals surface area contributed by atoms with E-state index in [2.05, 4.69) is 15.5 Å². The lowest BCUT2D eigenvalue weighted by Gasteiger charge is -2.27. The topological polar surface area (TPSA) is 44.4 Å². The number of amides is 1. The van der Waals surface area contributed by atoms with Gasteiger partial charge in [0.05, 0.1) is 10.0 Å². The lowest BCUT2D eigenvalue weighted by Crippen LogP contribution is -2.44. The van der Waals surface area contributed by atoms with Crippen molar-refractivity contribution in [1.82, 2.24) is 15.5 Å². The molecule has 1 heterocycles. The van der Waals surface area contributed by atoms with Gasteiger partial charge in [0, 0.05) is 39.1 Å². The number of rotatable bonds is 8. The second kappa shape index (κ2) is 11.9. The summed E-state index contributed by atoms with van der Waals surface area (Å²) in [6, 6.07) is 5.63. The molecule has 0 saturated carbocycles. The molecule has 0 spiro atoms. The molecule has 1 amide bonds. The molecule has 1 aliphatic rings. The van der Waals surface area contributed by atoms with E-state index < -0.39 is 0 Å². The molecule has 0 bridgehead atoms. The summed E-state index contributed by atoms with van der Waals surface area (Å²) in [5.41, 5.74) is 1.12. The number of aryl methyl sites for hydroxylation is 1. The lowest BCUT2D eigenvalue weighted by molar-refractivity contribution is -0.121. The fourth-order valence-corrected chi connectivity index (χ4v) is 3.02. The van der Waals surface area contributed by atoms with Gasteiger partial charge in [-0.15, -0.1) is 12.4 Å². The number of halogens is 3. The molecular weight excluding hydrogens is 369 g/mol. The lowest BCUT2D eigenvalue weighted by atomic mass is 10.1. The first-order valence-electron chi connectivity index (χ1n) is 8.29.